The van der Waals surface area contributed by atoms with E-state index >= 15 is 0 Å². The topological polar surface area (TPSA) is 59.1 Å². The van der Waals surface area contributed by atoms with E-state index in [1.807, 2.05) is 37.3 Å². The molecule has 0 aliphatic carbocycles. The maximum Gasteiger partial charge on any atom is 0.123 e. The first-order valence-electron chi connectivity index (χ1n) is 6.12. The molecule has 0 saturated carbocycles. The van der Waals surface area contributed by atoms with Crippen molar-refractivity contribution in [3.8, 4) is 0 Å². The number of rotatable bonds is 4. The van der Waals surface area contributed by atoms with E-state index in [9.17, 15) is 5.11 Å². The summed E-state index contributed by atoms with van der Waals surface area (Å²) in [6.45, 7) is 1.84. The number of anilines is 1. The maximum atomic E-state index is 10.5. The van der Waals surface area contributed by atoms with Crippen molar-refractivity contribution in [2.45, 2.75) is 25.4 Å². The Morgan fingerprint density at radius 2 is 1.79 bits per heavy atom. The monoisotopic (exact) mass is 320 g/mol. The first-order chi connectivity index (χ1) is 8.94. The Bertz CT molecular complexity index is 552. The Labute approximate surface area is 121 Å². The number of pyridine rings is 1. The molecular formula is C15H17BrN2O. The fourth-order valence-electron chi connectivity index (χ4n) is 2.15. The Kier molecular flexibility index (Phi) is 4.22. The lowest BCUT2D eigenvalue weighted by Crippen LogP contribution is -2.30. The quantitative estimate of drug-likeness (QED) is 0.910. The number of benzene rings is 1. The van der Waals surface area contributed by atoms with Crippen LogP contribution in [0.5, 0.6) is 0 Å². The molecule has 100 valence electrons. The molecule has 1 aromatic heterocycles. The van der Waals surface area contributed by atoms with Gasteiger partial charge >= 0.3 is 0 Å². The van der Waals surface area contributed by atoms with Crippen LogP contribution in [0.3, 0.4) is 0 Å². The van der Waals surface area contributed by atoms with Crippen LogP contribution in [0.25, 0.3) is 0 Å². The summed E-state index contributed by atoms with van der Waals surface area (Å²) in [7, 11) is 0. The lowest BCUT2D eigenvalue weighted by atomic mass is 9.90. The normalized spacial score (nSPS) is 14.1. The zero-order chi connectivity index (χ0) is 13.9. The zero-order valence-corrected chi connectivity index (χ0v) is 12.4. The highest BCUT2D eigenvalue weighted by atomic mass is 79.9. The number of aromatic nitrogens is 1. The highest BCUT2D eigenvalue weighted by Crippen LogP contribution is 2.20. The van der Waals surface area contributed by atoms with Crippen LogP contribution in [0.1, 0.15) is 18.1 Å². The molecule has 0 spiro atoms. The standard InChI is InChI=1S/C15H17BrN2O/c1-15(19,9-11-2-4-13(16)5-3-11)10-12-6-7-18-14(17)8-12/h2-8,19H,9-10H2,1H3,(H2,17,18). The second kappa shape index (κ2) is 5.72. The van der Waals surface area contributed by atoms with Gasteiger partial charge in [0.2, 0.25) is 0 Å². The van der Waals surface area contributed by atoms with Crippen molar-refractivity contribution in [2.24, 2.45) is 0 Å². The van der Waals surface area contributed by atoms with Crippen LogP contribution >= 0.6 is 15.9 Å². The highest BCUT2D eigenvalue weighted by molar-refractivity contribution is 9.10. The molecule has 19 heavy (non-hydrogen) atoms. The Morgan fingerprint density at radius 1 is 1.16 bits per heavy atom. The number of hydrogen-bond acceptors (Lipinski definition) is 3. The van der Waals surface area contributed by atoms with Crippen molar-refractivity contribution in [2.75, 3.05) is 5.73 Å². The lowest BCUT2D eigenvalue weighted by Gasteiger charge is -2.23. The number of halogens is 1. The molecular weight excluding hydrogens is 304 g/mol. The Morgan fingerprint density at radius 3 is 2.42 bits per heavy atom. The molecule has 0 fully saturated rings. The van der Waals surface area contributed by atoms with Crippen molar-refractivity contribution in [3.05, 3.63) is 58.2 Å². The fourth-order valence-corrected chi connectivity index (χ4v) is 2.41. The predicted molar refractivity (Wildman–Crippen MR) is 80.8 cm³/mol. The number of aliphatic hydroxyl groups is 1. The fraction of sp³-hybridized carbons (Fsp3) is 0.267. The van der Waals surface area contributed by atoms with Gasteiger partial charge in [-0.1, -0.05) is 28.1 Å². The largest absolute Gasteiger partial charge is 0.389 e. The molecule has 0 amide bonds. The van der Waals surface area contributed by atoms with E-state index in [-0.39, 0.29) is 0 Å². The second-order valence-electron chi connectivity index (χ2n) is 5.07. The van der Waals surface area contributed by atoms with Gasteiger partial charge in [-0.25, -0.2) is 4.98 Å². The average molecular weight is 321 g/mol. The summed E-state index contributed by atoms with van der Waals surface area (Å²) >= 11 is 3.40. The number of nitrogens with zero attached hydrogens (tertiary/aromatic N) is 1. The summed E-state index contributed by atoms with van der Waals surface area (Å²) in [5, 5.41) is 10.5. The number of hydrogen-bond donors (Lipinski definition) is 2. The van der Waals surface area contributed by atoms with E-state index in [0.717, 1.165) is 15.6 Å². The van der Waals surface area contributed by atoms with E-state index in [2.05, 4.69) is 20.9 Å². The van der Waals surface area contributed by atoms with Gasteiger partial charge in [0, 0.05) is 23.5 Å². The summed E-state index contributed by atoms with van der Waals surface area (Å²) in [5.41, 5.74) is 6.95. The zero-order valence-electron chi connectivity index (χ0n) is 10.8. The van der Waals surface area contributed by atoms with E-state index < -0.39 is 5.60 Å². The molecule has 2 rings (SSSR count). The van der Waals surface area contributed by atoms with Gasteiger partial charge < -0.3 is 10.8 Å². The van der Waals surface area contributed by atoms with Crippen molar-refractivity contribution in [3.63, 3.8) is 0 Å². The molecule has 0 radical (unpaired) electrons. The van der Waals surface area contributed by atoms with Crippen LogP contribution in [-0.4, -0.2) is 15.7 Å². The minimum atomic E-state index is -0.804. The Balaban J connectivity index is 2.07. The second-order valence-corrected chi connectivity index (χ2v) is 5.98. The van der Waals surface area contributed by atoms with Crippen LogP contribution in [0.15, 0.2) is 47.1 Å². The Hall–Kier alpha value is -1.39. The van der Waals surface area contributed by atoms with Crippen LogP contribution in [-0.2, 0) is 12.8 Å². The molecule has 0 aliphatic heterocycles. The van der Waals surface area contributed by atoms with E-state index in [1.165, 1.54) is 0 Å². The molecule has 1 atom stereocenters. The van der Waals surface area contributed by atoms with Crippen molar-refractivity contribution < 1.29 is 5.11 Å². The summed E-state index contributed by atoms with van der Waals surface area (Å²) in [6.07, 6.45) is 2.82. The average Bonchev–Trinajstić information content (AvgIpc) is 2.31. The van der Waals surface area contributed by atoms with Gasteiger partial charge in [-0.3, -0.25) is 0 Å². The molecule has 0 aliphatic rings. The summed E-state index contributed by atoms with van der Waals surface area (Å²) in [6, 6.07) is 11.7. The third-order valence-corrected chi connectivity index (χ3v) is 3.46. The van der Waals surface area contributed by atoms with Gasteiger partial charge in [0.05, 0.1) is 5.60 Å². The molecule has 1 unspecified atom stereocenters. The summed E-state index contributed by atoms with van der Waals surface area (Å²) in [5.74, 6) is 0.483. The van der Waals surface area contributed by atoms with Crippen molar-refractivity contribution in [1.29, 1.82) is 0 Å². The van der Waals surface area contributed by atoms with Gasteiger partial charge in [-0.05, 0) is 42.3 Å². The molecule has 4 heteroatoms. The van der Waals surface area contributed by atoms with Gasteiger partial charge in [-0.2, -0.15) is 0 Å². The van der Waals surface area contributed by atoms with Gasteiger partial charge in [0.15, 0.2) is 0 Å². The van der Waals surface area contributed by atoms with Gasteiger partial charge in [0.25, 0.3) is 0 Å². The summed E-state index contributed by atoms with van der Waals surface area (Å²) in [4.78, 5) is 3.95. The number of nitrogen functional groups attached to an aromatic ring is 1. The van der Waals surface area contributed by atoms with Gasteiger partial charge in [0.1, 0.15) is 5.82 Å². The van der Waals surface area contributed by atoms with Crippen LogP contribution < -0.4 is 5.73 Å². The molecule has 2 aromatic rings. The minimum Gasteiger partial charge on any atom is -0.389 e. The molecule has 1 aromatic carbocycles. The molecule has 1 heterocycles. The first-order valence-corrected chi connectivity index (χ1v) is 6.91. The SMILES string of the molecule is CC(O)(Cc1ccc(Br)cc1)Cc1ccnc(N)c1. The van der Waals surface area contributed by atoms with Crippen LogP contribution in [0, 0.1) is 0 Å². The minimum absolute atomic E-state index is 0.483. The third kappa shape index (κ3) is 4.33. The lowest BCUT2D eigenvalue weighted by molar-refractivity contribution is 0.0608. The molecule has 0 saturated heterocycles. The van der Waals surface area contributed by atoms with E-state index in [1.54, 1.807) is 12.3 Å². The smallest absolute Gasteiger partial charge is 0.123 e. The third-order valence-electron chi connectivity index (χ3n) is 2.93. The molecule has 3 nitrogen and oxygen atoms in total. The maximum absolute atomic E-state index is 10.5. The van der Waals surface area contributed by atoms with Gasteiger partial charge in [-0.15, -0.1) is 0 Å². The summed E-state index contributed by atoms with van der Waals surface area (Å²) < 4.78 is 1.04. The predicted octanol–water partition coefficient (Wildman–Crippen LogP) is 2.96. The van der Waals surface area contributed by atoms with Crippen molar-refractivity contribution >= 4 is 21.7 Å². The van der Waals surface area contributed by atoms with Crippen LogP contribution in [0.2, 0.25) is 0 Å². The van der Waals surface area contributed by atoms with Crippen LogP contribution in [0.4, 0.5) is 5.82 Å². The van der Waals surface area contributed by atoms with E-state index in [4.69, 9.17) is 5.73 Å². The first kappa shape index (κ1) is 14.0. The van der Waals surface area contributed by atoms with Crippen molar-refractivity contribution in [1.82, 2.24) is 4.98 Å². The molecule has 0 bridgehead atoms. The number of nitrogens with two attached hydrogens (primary N) is 1. The van der Waals surface area contributed by atoms with E-state index in [0.29, 0.717) is 18.7 Å². The molecule has 3 N–H and O–H groups in total. The highest BCUT2D eigenvalue weighted by Gasteiger charge is 2.21.